The average Bonchev–Trinajstić information content (AvgIpc) is 2.88. The molecule has 21 heavy (non-hydrogen) atoms. The minimum Gasteiger partial charge on any atom is -0.478 e. The number of H-pyrrole nitrogens is 1. The van der Waals surface area contributed by atoms with Crippen LogP contribution in [-0.4, -0.2) is 21.3 Å². The number of hydrogen-bond acceptors (Lipinski definition) is 2. The first-order valence-corrected chi connectivity index (χ1v) is 6.28. The van der Waals surface area contributed by atoms with E-state index in [1.807, 2.05) is 12.1 Å². The van der Waals surface area contributed by atoms with Gasteiger partial charge in [0.1, 0.15) is 11.5 Å². The highest BCUT2D eigenvalue weighted by atomic mass is 19.1. The summed E-state index contributed by atoms with van der Waals surface area (Å²) in [6.07, 6.45) is 2.58. The SMILES string of the molecule is O=C(O)C=Cc1ccc2[nH]nc(-c3cccc(F)c3)c2c1. The Morgan fingerprint density at radius 2 is 2.10 bits per heavy atom. The van der Waals surface area contributed by atoms with Gasteiger partial charge >= 0.3 is 5.97 Å². The molecule has 0 unspecified atom stereocenters. The molecule has 2 aromatic carbocycles. The Hall–Kier alpha value is -2.95. The number of nitrogens with one attached hydrogen (secondary N) is 1. The molecule has 0 fully saturated rings. The zero-order valence-corrected chi connectivity index (χ0v) is 10.9. The number of carboxylic acid groups (broad SMARTS) is 1. The summed E-state index contributed by atoms with van der Waals surface area (Å²) in [6.45, 7) is 0. The fourth-order valence-corrected chi connectivity index (χ4v) is 2.16. The van der Waals surface area contributed by atoms with Crippen molar-refractivity contribution in [2.75, 3.05) is 0 Å². The van der Waals surface area contributed by atoms with Gasteiger partial charge in [0.25, 0.3) is 0 Å². The van der Waals surface area contributed by atoms with Crippen molar-refractivity contribution in [1.82, 2.24) is 10.2 Å². The van der Waals surface area contributed by atoms with Crippen LogP contribution in [0.4, 0.5) is 4.39 Å². The van der Waals surface area contributed by atoms with Gasteiger partial charge in [0, 0.05) is 17.0 Å². The maximum absolute atomic E-state index is 13.3. The van der Waals surface area contributed by atoms with Gasteiger partial charge in [-0.25, -0.2) is 9.18 Å². The minimum absolute atomic E-state index is 0.328. The average molecular weight is 282 g/mol. The third-order valence-electron chi connectivity index (χ3n) is 3.10. The highest BCUT2D eigenvalue weighted by molar-refractivity contribution is 5.95. The van der Waals surface area contributed by atoms with Gasteiger partial charge in [0.15, 0.2) is 0 Å². The second kappa shape index (κ2) is 5.20. The van der Waals surface area contributed by atoms with Crippen LogP contribution in [0.25, 0.3) is 28.2 Å². The van der Waals surface area contributed by atoms with Gasteiger partial charge < -0.3 is 5.11 Å². The number of nitrogens with zero attached hydrogens (tertiary/aromatic N) is 1. The van der Waals surface area contributed by atoms with Crippen LogP contribution in [0.1, 0.15) is 5.56 Å². The molecule has 5 heteroatoms. The molecule has 1 aromatic heterocycles. The predicted octanol–water partition coefficient (Wildman–Crippen LogP) is 3.47. The zero-order valence-electron chi connectivity index (χ0n) is 10.9. The molecule has 0 spiro atoms. The van der Waals surface area contributed by atoms with Crippen LogP contribution in [0.15, 0.2) is 48.5 Å². The maximum atomic E-state index is 13.3. The number of rotatable bonds is 3. The Morgan fingerprint density at radius 3 is 2.86 bits per heavy atom. The van der Waals surface area contributed by atoms with E-state index >= 15 is 0 Å². The van der Waals surface area contributed by atoms with Gasteiger partial charge in [-0.2, -0.15) is 5.10 Å². The molecule has 0 bridgehead atoms. The quantitative estimate of drug-likeness (QED) is 0.723. The molecule has 3 aromatic rings. The molecule has 0 aliphatic heterocycles. The topological polar surface area (TPSA) is 66.0 Å². The Bertz CT molecular complexity index is 852. The molecule has 3 rings (SSSR count). The van der Waals surface area contributed by atoms with Crippen molar-refractivity contribution in [3.05, 3.63) is 59.9 Å². The monoisotopic (exact) mass is 282 g/mol. The van der Waals surface area contributed by atoms with Gasteiger partial charge in [-0.05, 0) is 35.9 Å². The summed E-state index contributed by atoms with van der Waals surface area (Å²) in [6, 6.07) is 11.6. The van der Waals surface area contributed by atoms with Crippen molar-refractivity contribution in [2.45, 2.75) is 0 Å². The molecular formula is C16H11FN2O2. The number of hydrogen-bond donors (Lipinski definition) is 2. The van der Waals surface area contributed by atoms with E-state index in [2.05, 4.69) is 10.2 Å². The Morgan fingerprint density at radius 1 is 1.24 bits per heavy atom. The first-order chi connectivity index (χ1) is 10.1. The smallest absolute Gasteiger partial charge is 0.328 e. The first kappa shape index (κ1) is 13.1. The van der Waals surface area contributed by atoms with Gasteiger partial charge in [0.05, 0.1) is 5.52 Å². The van der Waals surface area contributed by atoms with Crippen molar-refractivity contribution in [3.8, 4) is 11.3 Å². The highest BCUT2D eigenvalue weighted by Crippen LogP contribution is 2.27. The van der Waals surface area contributed by atoms with Crippen molar-refractivity contribution >= 4 is 22.9 Å². The van der Waals surface area contributed by atoms with Crippen LogP contribution in [0, 0.1) is 5.82 Å². The molecule has 0 saturated carbocycles. The lowest BCUT2D eigenvalue weighted by Gasteiger charge is -1.99. The summed E-state index contributed by atoms with van der Waals surface area (Å²) < 4.78 is 13.3. The Balaban J connectivity index is 2.12. The summed E-state index contributed by atoms with van der Waals surface area (Å²) in [4.78, 5) is 10.6. The molecule has 0 amide bonds. The van der Waals surface area contributed by atoms with Crippen LogP contribution in [0.3, 0.4) is 0 Å². The second-order valence-electron chi connectivity index (χ2n) is 4.56. The molecule has 1 heterocycles. The predicted molar refractivity (Wildman–Crippen MR) is 78.2 cm³/mol. The third kappa shape index (κ3) is 2.67. The molecule has 0 atom stereocenters. The first-order valence-electron chi connectivity index (χ1n) is 6.28. The number of aromatic nitrogens is 2. The van der Waals surface area contributed by atoms with Gasteiger partial charge in [-0.1, -0.05) is 18.2 Å². The van der Waals surface area contributed by atoms with E-state index in [1.54, 1.807) is 18.2 Å². The molecular weight excluding hydrogens is 271 g/mol. The number of halogens is 1. The van der Waals surface area contributed by atoms with Crippen LogP contribution < -0.4 is 0 Å². The summed E-state index contributed by atoms with van der Waals surface area (Å²) >= 11 is 0. The largest absolute Gasteiger partial charge is 0.478 e. The molecule has 2 N–H and O–H groups in total. The van der Waals surface area contributed by atoms with Gasteiger partial charge in [-0.3, -0.25) is 5.10 Å². The van der Waals surface area contributed by atoms with E-state index in [0.717, 1.165) is 22.5 Å². The van der Waals surface area contributed by atoms with E-state index in [9.17, 15) is 9.18 Å². The van der Waals surface area contributed by atoms with Crippen LogP contribution >= 0.6 is 0 Å². The van der Waals surface area contributed by atoms with Crippen molar-refractivity contribution < 1.29 is 14.3 Å². The Kier molecular flexibility index (Phi) is 3.23. The Labute approximate surface area is 119 Å². The van der Waals surface area contributed by atoms with Crippen LogP contribution in [0.2, 0.25) is 0 Å². The normalized spacial score (nSPS) is 11.3. The van der Waals surface area contributed by atoms with Gasteiger partial charge in [-0.15, -0.1) is 0 Å². The molecule has 0 aliphatic rings. The number of carbonyl (C=O) groups is 1. The van der Waals surface area contributed by atoms with E-state index in [4.69, 9.17) is 5.11 Å². The lowest BCUT2D eigenvalue weighted by molar-refractivity contribution is -0.131. The number of aromatic amines is 1. The second-order valence-corrected chi connectivity index (χ2v) is 4.56. The number of fused-ring (bicyclic) bond motifs is 1. The third-order valence-corrected chi connectivity index (χ3v) is 3.10. The maximum Gasteiger partial charge on any atom is 0.328 e. The lowest BCUT2D eigenvalue weighted by atomic mass is 10.1. The van der Waals surface area contributed by atoms with Crippen LogP contribution in [0.5, 0.6) is 0 Å². The molecule has 4 nitrogen and oxygen atoms in total. The summed E-state index contributed by atoms with van der Waals surface area (Å²) in [7, 11) is 0. The fourth-order valence-electron chi connectivity index (χ4n) is 2.16. The number of aliphatic carboxylic acids is 1. The van der Waals surface area contributed by atoms with E-state index in [-0.39, 0.29) is 5.82 Å². The minimum atomic E-state index is -1.01. The van der Waals surface area contributed by atoms with Crippen molar-refractivity contribution in [3.63, 3.8) is 0 Å². The molecule has 104 valence electrons. The van der Waals surface area contributed by atoms with E-state index < -0.39 is 5.97 Å². The fraction of sp³-hybridized carbons (Fsp3) is 0. The molecule has 0 saturated heterocycles. The summed E-state index contributed by atoms with van der Waals surface area (Å²) in [5.74, 6) is -1.33. The summed E-state index contributed by atoms with van der Waals surface area (Å²) in [5, 5.41) is 16.6. The lowest BCUT2D eigenvalue weighted by Crippen LogP contribution is -1.85. The standard InChI is InChI=1S/C16H11FN2O2/c17-12-3-1-2-11(9-12)16-13-8-10(5-7-15(20)21)4-6-14(13)18-19-16/h1-9H,(H,18,19)(H,20,21). The van der Waals surface area contributed by atoms with E-state index in [1.165, 1.54) is 18.2 Å². The highest BCUT2D eigenvalue weighted by Gasteiger charge is 2.09. The molecule has 0 aliphatic carbocycles. The van der Waals surface area contributed by atoms with Gasteiger partial charge in [0.2, 0.25) is 0 Å². The summed E-state index contributed by atoms with van der Waals surface area (Å²) in [5.41, 5.74) is 2.85. The zero-order chi connectivity index (χ0) is 14.8. The molecule has 0 radical (unpaired) electrons. The van der Waals surface area contributed by atoms with E-state index in [0.29, 0.717) is 11.3 Å². The van der Waals surface area contributed by atoms with Crippen molar-refractivity contribution in [1.29, 1.82) is 0 Å². The van der Waals surface area contributed by atoms with Crippen LogP contribution in [-0.2, 0) is 4.79 Å². The number of benzene rings is 2. The number of carboxylic acids is 1. The van der Waals surface area contributed by atoms with Crippen molar-refractivity contribution in [2.24, 2.45) is 0 Å².